The minimum Gasteiger partial charge on any atom is -0.332 e. The first-order chi connectivity index (χ1) is 13.3. The number of rotatable bonds is 5. The van der Waals surface area contributed by atoms with Crippen molar-refractivity contribution in [3.05, 3.63) is 85.7 Å². The topological polar surface area (TPSA) is 96.3 Å². The number of aromatic amines is 1. The predicted octanol–water partition coefficient (Wildman–Crippen LogP) is 3.80. The Kier molecular flexibility index (Phi) is 5.26. The lowest BCUT2D eigenvalue weighted by atomic mass is 10.1. The van der Waals surface area contributed by atoms with Crippen LogP contribution in [-0.4, -0.2) is 26.8 Å². The van der Waals surface area contributed by atoms with Crippen molar-refractivity contribution >= 4 is 22.5 Å². The molecule has 3 rings (SSSR count). The molecule has 28 heavy (non-hydrogen) atoms. The molecule has 0 unspecified atom stereocenters. The molecule has 0 saturated carbocycles. The molecule has 0 spiro atoms. The summed E-state index contributed by atoms with van der Waals surface area (Å²) in [5.74, 6) is -0.284. The fourth-order valence-corrected chi connectivity index (χ4v) is 3.11. The molecule has 0 saturated heterocycles. The maximum absolute atomic E-state index is 12.9. The van der Waals surface area contributed by atoms with E-state index < -0.39 is 4.92 Å². The summed E-state index contributed by atoms with van der Waals surface area (Å²) in [4.78, 5) is 40.3. The van der Waals surface area contributed by atoms with Crippen LogP contribution in [0.15, 0.2) is 53.3 Å². The van der Waals surface area contributed by atoms with Crippen LogP contribution in [-0.2, 0) is 6.54 Å². The molecule has 0 aliphatic heterocycles. The molecule has 0 atom stereocenters. The number of nitrogens with one attached hydrogen (secondary N) is 1. The molecule has 0 aliphatic rings. The second-order valence-corrected chi connectivity index (χ2v) is 6.99. The van der Waals surface area contributed by atoms with Gasteiger partial charge < -0.3 is 9.88 Å². The Labute approximate surface area is 161 Å². The van der Waals surface area contributed by atoms with Crippen LogP contribution in [0.3, 0.4) is 0 Å². The average Bonchev–Trinajstić information content (AvgIpc) is 2.66. The van der Waals surface area contributed by atoms with Gasteiger partial charge in [0.1, 0.15) is 0 Å². The van der Waals surface area contributed by atoms with Crippen LogP contribution in [0.4, 0.5) is 5.69 Å². The molecule has 1 N–H and O–H groups in total. The SMILES string of the molecule is Cc1cccc2cc(CN(C(=O)c3ccc([N+](=O)[O-])cc3)C(C)C)c(=O)[nH]c12. The number of carbonyl (C=O) groups is 1. The summed E-state index contributed by atoms with van der Waals surface area (Å²) in [6, 6.07) is 12.9. The van der Waals surface area contributed by atoms with Crippen LogP contribution in [0, 0.1) is 17.0 Å². The molecular formula is C21H21N3O4. The van der Waals surface area contributed by atoms with E-state index in [1.165, 1.54) is 24.3 Å². The van der Waals surface area contributed by atoms with E-state index in [0.717, 1.165) is 16.5 Å². The first-order valence-electron chi connectivity index (χ1n) is 8.95. The summed E-state index contributed by atoms with van der Waals surface area (Å²) in [6.45, 7) is 5.80. The van der Waals surface area contributed by atoms with E-state index in [-0.39, 0.29) is 29.7 Å². The summed E-state index contributed by atoms with van der Waals surface area (Å²) in [5.41, 5.74) is 2.28. The van der Waals surface area contributed by atoms with Gasteiger partial charge in [-0.3, -0.25) is 19.7 Å². The van der Waals surface area contributed by atoms with Crippen molar-refractivity contribution in [3.63, 3.8) is 0 Å². The van der Waals surface area contributed by atoms with Crippen molar-refractivity contribution in [1.29, 1.82) is 0 Å². The number of nitro benzene ring substituents is 1. The van der Waals surface area contributed by atoms with Crippen LogP contribution in [0.2, 0.25) is 0 Å². The maximum atomic E-state index is 12.9. The van der Waals surface area contributed by atoms with Crippen molar-refractivity contribution in [3.8, 4) is 0 Å². The fourth-order valence-electron chi connectivity index (χ4n) is 3.11. The zero-order valence-corrected chi connectivity index (χ0v) is 15.9. The van der Waals surface area contributed by atoms with Crippen LogP contribution < -0.4 is 5.56 Å². The maximum Gasteiger partial charge on any atom is 0.269 e. The third-order valence-electron chi connectivity index (χ3n) is 4.71. The number of amides is 1. The normalized spacial score (nSPS) is 11.0. The van der Waals surface area contributed by atoms with E-state index >= 15 is 0 Å². The van der Waals surface area contributed by atoms with Gasteiger partial charge in [-0.15, -0.1) is 0 Å². The highest BCUT2D eigenvalue weighted by atomic mass is 16.6. The highest BCUT2D eigenvalue weighted by Crippen LogP contribution is 2.19. The fraction of sp³-hybridized carbons (Fsp3) is 0.238. The number of carbonyl (C=O) groups excluding carboxylic acids is 1. The Morgan fingerprint density at radius 2 is 1.86 bits per heavy atom. The highest BCUT2D eigenvalue weighted by Gasteiger charge is 2.21. The smallest absolute Gasteiger partial charge is 0.269 e. The monoisotopic (exact) mass is 379 g/mol. The number of para-hydroxylation sites is 1. The number of pyridine rings is 1. The van der Waals surface area contributed by atoms with Crippen molar-refractivity contribution in [2.24, 2.45) is 0 Å². The van der Waals surface area contributed by atoms with Crippen molar-refractivity contribution < 1.29 is 9.72 Å². The first-order valence-corrected chi connectivity index (χ1v) is 8.95. The summed E-state index contributed by atoms with van der Waals surface area (Å²) < 4.78 is 0. The van der Waals surface area contributed by atoms with E-state index in [2.05, 4.69) is 4.98 Å². The minimum absolute atomic E-state index is 0.0750. The standard InChI is InChI=1S/C21H21N3O4/c1-13(2)23(21(26)15-7-9-18(10-8-15)24(27)28)12-17-11-16-6-4-5-14(3)19(16)22-20(17)25/h4-11,13H,12H2,1-3H3,(H,22,25). The van der Waals surface area contributed by atoms with Crippen LogP contribution in [0.1, 0.15) is 35.3 Å². The van der Waals surface area contributed by atoms with Gasteiger partial charge in [-0.2, -0.15) is 0 Å². The first kappa shape index (κ1) is 19.3. The number of benzene rings is 2. The van der Waals surface area contributed by atoms with E-state index in [0.29, 0.717) is 11.1 Å². The Hall–Kier alpha value is -3.48. The van der Waals surface area contributed by atoms with E-state index in [1.807, 2.05) is 39.0 Å². The van der Waals surface area contributed by atoms with Crippen molar-refractivity contribution in [2.75, 3.05) is 0 Å². The van der Waals surface area contributed by atoms with Gasteiger partial charge in [0.25, 0.3) is 17.2 Å². The molecule has 7 heteroatoms. The van der Waals surface area contributed by atoms with E-state index in [9.17, 15) is 19.7 Å². The van der Waals surface area contributed by atoms with Gasteiger partial charge in [-0.1, -0.05) is 18.2 Å². The highest BCUT2D eigenvalue weighted by molar-refractivity contribution is 5.94. The average molecular weight is 379 g/mol. The molecule has 1 amide bonds. The lowest BCUT2D eigenvalue weighted by molar-refractivity contribution is -0.384. The molecule has 2 aromatic carbocycles. The minimum atomic E-state index is -0.509. The number of nitro groups is 1. The van der Waals surface area contributed by atoms with Gasteiger partial charge in [-0.05, 0) is 49.9 Å². The number of hydrogen-bond donors (Lipinski definition) is 1. The third-order valence-corrected chi connectivity index (χ3v) is 4.71. The number of hydrogen-bond acceptors (Lipinski definition) is 4. The zero-order valence-electron chi connectivity index (χ0n) is 15.9. The molecule has 7 nitrogen and oxygen atoms in total. The Bertz CT molecular complexity index is 1100. The molecule has 0 aliphatic carbocycles. The molecule has 144 valence electrons. The number of nitrogens with zero attached hydrogens (tertiary/aromatic N) is 2. The summed E-state index contributed by atoms with van der Waals surface area (Å²) in [5, 5.41) is 11.7. The number of H-pyrrole nitrogens is 1. The largest absolute Gasteiger partial charge is 0.332 e. The van der Waals surface area contributed by atoms with Gasteiger partial charge in [0, 0.05) is 29.3 Å². The summed E-state index contributed by atoms with van der Waals surface area (Å²) >= 11 is 0. The van der Waals surface area contributed by atoms with Crippen molar-refractivity contribution in [1.82, 2.24) is 9.88 Å². The number of non-ortho nitro benzene ring substituents is 1. The molecule has 3 aromatic rings. The molecule has 1 aromatic heterocycles. The van der Waals surface area contributed by atoms with Gasteiger partial charge in [0.2, 0.25) is 0 Å². The second kappa shape index (κ2) is 7.64. The van der Waals surface area contributed by atoms with Crippen LogP contribution in [0.5, 0.6) is 0 Å². The Balaban J connectivity index is 1.94. The van der Waals surface area contributed by atoms with Crippen LogP contribution >= 0.6 is 0 Å². The lowest BCUT2D eigenvalue weighted by Crippen LogP contribution is -2.38. The summed E-state index contributed by atoms with van der Waals surface area (Å²) in [7, 11) is 0. The van der Waals surface area contributed by atoms with Crippen molar-refractivity contribution in [2.45, 2.75) is 33.4 Å². The summed E-state index contributed by atoms with van der Waals surface area (Å²) in [6.07, 6.45) is 0. The van der Waals surface area contributed by atoms with Crippen LogP contribution in [0.25, 0.3) is 10.9 Å². The quantitative estimate of drug-likeness (QED) is 0.539. The predicted molar refractivity (Wildman–Crippen MR) is 107 cm³/mol. The number of aromatic nitrogens is 1. The lowest BCUT2D eigenvalue weighted by Gasteiger charge is -2.27. The molecule has 0 fully saturated rings. The molecular weight excluding hydrogens is 358 g/mol. The molecule has 0 radical (unpaired) electrons. The van der Waals surface area contributed by atoms with E-state index in [1.54, 1.807) is 11.0 Å². The van der Waals surface area contributed by atoms with Gasteiger partial charge in [-0.25, -0.2) is 0 Å². The zero-order chi connectivity index (χ0) is 20.4. The second-order valence-electron chi connectivity index (χ2n) is 6.99. The van der Waals surface area contributed by atoms with Gasteiger partial charge >= 0.3 is 0 Å². The van der Waals surface area contributed by atoms with Gasteiger partial charge in [0.15, 0.2) is 0 Å². The van der Waals surface area contributed by atoms with Gasteiger partial charge in [0.05, 0.1) is 17.0 Å². The number of aryl methyl sites for hydroxylation is 1. The third kappa shape index (κ3) is 3.78. The molecule has 1 heterocycles. The molecule has 0 bridgehead atoms. The number of fused-ring (bicyclic) bond motifs is 1. The van der Waals surface area contributed by atoms with E-state index in [4.69, 9.17) is 0 Å². The Morgan fingerprint density at radius 3 is 2.46 bits per heavy atom. The Morgan fingerprint density at radius 1 is 1.18 bits per heavy atom.